The van der Waals surface area contributed by atoms with Crippen LogP contribution in [0, 0.1) is 0 Å². The zero-order valence-electron chi connectivity index (χ0n) is 48.0. The Morgan fingerprint density at radius 2 is 0.587 bits per heavy atom. The predicted octanol–water partition coefficient (Wildman–Crippen LogP) is 20.5. The highest BCUT2D eigenvalue weighted by Gasteiger charge is 2.19. The highest BCUT2D eigenvalue weighted by Crippen LogP contribution is 2.15. The van der Waals surface area contributed by atoms with Crippen molar-refractivity contribution in [1.82, 2.24) is 0 Å². The molecule has 0 bridgehead atoms. The summed E-state index contributed by atoms with van der Waals surface area (Å²) in [6.07, 6.45) is 89.4. The van der Waals surface area contributed by atoms with Crippen LogP contribution in [0.4, 0.5) is 0 Å². The molecule has 6 nitrogen and oxygen atoms in total. The summed E-state index contributed by atoms with van der Waals surface area (Å²) in [7, 11) is 0. The first kappa shape index (κ1) is 70.0. The number of hydrogen-bond acceptors (Lipinski definition) is 6. The molecule has 1 atom stereocenters. The Kier molecular flexibility index (Phi) is 57.5. The lowest BCUT2D eigenvalue weighted by Gasteiger charge is -2.18. The standard InChI is InChI=1S/C69H108O6/c1-4-7-10-13-16-19-22-25-28-31-34-37-40-43-46-49-52-55-58-61-67(70)73-64-66(75-69(72)63-60-57-54-51-48-45-42-39-36-33-30-27-24-21-18-15-12-9-6-3)65-74-68(71)62-59-56-53-50-47-44-41-38-35-32-29-26-23-20-17-14-11-8-5-2/h7,9-10,12-13,16-23,25-28,30-31,34,36-37,39-40,43,46,66H,4-6,8,11,14-15,24,29,32-33,35,38,41-42,44-45,47-65H2,1-3H3/b10-7-,12-9-,16-13-,20-17-,21-18-,22-19-,26-23-,28-25-,30-27-,34-31+,39-36-,40-37-,46-43-. The van der Waals surface area contributed by atoms with Gasteiger partial charge in [0.15, 0.2) is 6.10 Å². The molecule has 0 fully saturated rings. The first-order valence-corrected chi connectivity index (χ1v) is 30.1. The molecule has 0 aromatic heterocycles. The van der Waals surface area contributed by atoms with Gasteiger partial charge in [0.2, 0.25) is 0 Å². The maximum absolute atomic E-state index is 12.9. The van der Waals surface area contributed by atoms with E-state index in [1.165, 1.54) is 89.9 Å². The Bertz CT molecular complexity index is 1710. The van der Waals surface area contributed by atoms with Gasteiger partial charge in [-0.15, -0.1) is 0 Å². The topological polar surface area (TPSA) is 78.9 Å². The van der Waals surface area contributed by atoms with Crippen LogP contribution in [-0.4, -0.2) is 37.2 Å². The van der Waals surface area contributed by atoms with Crippen molar-refractivity contribution in [2.75, 3.05) is 13.2 Å². The predicted molar refractivity (Wildman–Crippen MR) is 325 cm³/mol. The second-order valence-electron chi connectivity index (χ2n) is 19.4. The van der Waals surface area contributed by atoms with Gasteiger partial charge < -0.3 is 14.2 Å². The molecule has 0 heterocycles. The molecule has 0 N–H and O–H groups in total. The van der Waals surface area contributed by atoms with Crippen molar-refractivity contribution in [3.63, 3.8) is 0 Å². The van der Waals surface area contributed by atoms with E-state index in [-0.39, 0.29) is 31.1 Å². The van der Waals surface area contributed by atoms with E-state index in [2.05, 4.69) is 106 Å². The first-order chi connectivity index (χ1) is 37.0. The van der Waals surface area contributed by atoms with Gasteiger partial charge in [-0.2, -0.15) is 0 Å². The molecule has 0 aliphatic heterocycles. The van der Waals surface area contributed by atoms with E-state index in [4.69, 9.17) is 14.2 Å². The number of ether oxygens (including phenoxy) is 3. The average molecular weight is 1030 g/mol. The van der Waals surface area contributed by atoms with Gasteiger partial charge in [0.25, 0.3) is 0 Å². The van der Waals surface area contributed by atoms with E-state index in [9.17, 15) is 14.4 Å². The lowest BCUT2D eigenvalue weighted by atomic mass is 10.1. The van der Waals surface area contributed by atoms with Crippen molar-refractivity contribution < 1.29 is 28.6 Å². The third-order valence-corrected chi connectivity index (χ3v) is 12.2. The molecule has 0 radical (unpaired) electrons. The van der Waals surface area contributed by atoms with Gasteiger partial charge in [-0.25, -0.2) is 0 Å². The number of allylic oxidation sites excluding steroid dienone is 26. The normalized spacial score (nSPS) is 13.3. The summed E-state index contributed by atoms with van der Waals surface area (Å²) in [5, 5.41) is 0. The minimum Gasteiger partial charge on any atom is -0.462 e. The average Bonchev–Trinajstić information content (AvgIpc) is 3.41. The smallest absolute Gasteiger partial charge is 0.306 e. The molecule has 0 saturated carbocycles. The molecule has 0 rings (SSSR count). The minimum atomic E-state index is -0.816. The number of esters is 3. The van der Waals surface area contributed by atoms with E-state index in [1.807, 2.05) is 72.9 Å². The molecule has 0 saturated heterocycles. The zero-order valence-corrected chi connectivity index (χ0v) is 48.0. The van der Waals surface area contributed by atoms with Crippen LogP contribution >= 0.6 is 0 Å². The fourth-order valence-corrected chi connectivity index (χ4v) is 7.76. The van der Waals surface area contributed by atoms with Gasteiger partial charge in [-0.05, 0) is 103 Å². The Hall–Kier alpha value is -4.97. The van der Waals surface area contributed by atoms with Crippen molar-refractivity contribution in [2.45, 2.75) is 245 Å². The quantitative estimate of drug-likeness (QED) is 0.0199. The molecule has 0 aliphatic rings. The summed E-state index contributed by atoms with van der Waals surface area (Å²) in [5.74, 6) is -0.976. The van der Waals surface area contributed by atoms with Crippen LogP contribution < -0.4 is 0 Å². The van der Waals surface area contributed by atoms with Crippen molar-refractivity contribution in [3.8, 4) is 0 Å². The van der Waals surface area contributed by atoms with Crippen molar-refractivity contribution in [3.05, 3.63) is 158 Å². The SMILES string of the molecule is CC\C=C/C=C\C=C/C=C\C=C\C=C/C=C\CCCCCC(=O)OCC(COC(=O)CCCCCCCCCCCC/C=C\C=C/CCCCC)OC(=O)CCCCCCCC/C=C\C/C=C\C/C=C\C/C=C\CC. The van der Waals surface area contributed by atoms with Crippen LogP contribution in [0.3, 0.4) is 0 Å². The second kappa shape index (κ2) is 61.6. The third kappa shape index (κ3) is 59.8. The van der Waals surface area contributed by atoms with Gasteiger partial charge in [0, 0.05) is 19.3 Å². The fraction of sp³-hybridized carbons (Fsp3) is 0.580. The van der Waals surface area contributed by atoms with Gasteiger partial charge in [0.1, 0.15) is 13.2 Å². The molecule has 6 heteroatoms. The highest BCUT2D eigenvalue weighted by atomic mass is 16.6. The van der Waals surface area contributed by atoms with Crippen LogP contribution in [0.1, 0.15) is 239 Å². The lowest BCUT2D eigenvalue weighted by molar-refractivity contribution is -0.167. The maximum Gasteiger partial charge on any atom is 0.306 e. The molecule has 0 spiro atoms. The van der Waals surface area contributed by atoms with E-state index in [0.717, 1.165) is 109 Å². The molecule has 420 valence electrons. The molecule has 0 aromatic carbocycles. The first-order valence-electron chi connectivity index (χ1n) is 30.1. The second-order valence-corrected chi connectivity index (χ2v) is 19.4. The molecule has 0 amide bonds. The van der Waals surface area contributed by atoms with Crippen molar-refractivity contribution >= 4 is 17.9 Å². The maximum atomic E-state index is 12.9. The van der Waals surface area contributed by atoms with Gasteiger partial charge in [-0.3, -0.25) is 14.4 Å². The molecular weight excluding hydrogens is 925 g/mol. The fourth-order valence-electron chi connectivity index (χ4n) is 7.76. The van der Waals surface area contributed by atoms with E-state index >= 15 is 0 Å². The molecule has 1 unspecified atom stereocenters. The van der Waals surface area contributed by atoms with Crippen molar-refractivity contribution in [1.29, 1.82) is 0 Å². The van der Waals surface area contributed by atoms with Gasteiger partial charge in [-0.1, -0.05) is 275 Å². The summed E-state index contributed by atoms with van der Waals surface area (Å²) >= 11 is 0. The number of rotatable bonds is 52. The van der Waals surface area contributed by atoms with Gasteiger partial charge in [0.05, 0.1) is 0 Å². The Balaban J connectivity index is 4.55. The zero-order chi connectivity index (χ0) is 54.3. The summed E-state index contributed by atoms with van der Waals surface area (Å²) in [6.45, 7) is 6.29. The summed E-state index contributed by atoms with van der Waals surface area (Å²) in [5.41, 5.74) is 0. The number of carbonyl (C=O) groups excluding carboxylic acids is 3. The number of carbonyl (C=O) groups is 3. The Morgan fingerprint density at radius 3 is 1.00 bits per heavy atom. The van der Waals surface area contributed by atoms with Crippen LogP contribution in [-0.2, 0) is 28.6 Å². The van der Waals surface area contributed by atoms with Crippen LogP contribution in [0.25, 0.3) is 0 Å². The van der Waals surface area contributed by atoms with Crippen LogP contribution in [0.15, 0.2) is 158 Å². The van der Waals surface area contributed by atoms with Crippen LogP contribution in [0.2, 0.25) is 0 Å². The Morgan fingerprint density at radius 1 is 0.293 bits per heavy atom. The van der Waals surface area contributed by atoms with Crippen molar-refractivity contribution in [2.24, 2.45) is 0 Å². The Labute approximate surface area is 460 Å². The van der Waals surface area contributed by atoms with Crippen LogP contribution in [0.5, 0.6) is 0 Å². The number of unbranched alkanes of at least 4 members (excludes halogenated alkanes) is 22. The van der Waals surface area contributed by atoms with E-state index in [0.29, 0.717) is 19.3 Å². The largest absolute Gasteiger partial charge is 0.462 e. The molecule has 0 aliphatic carbocycles. The monoisotopic (exact) mass is 1030 g/mol. The minimum absolute atomic E-state index is 0.108. The molecular formula is C69H108O6. The van der Waals surface area contributed by atoms with Gasteiger partial charge >= 0.3 is 17.9 Å². The van der Waals surface area contributed by atoms with E-state index < -0.39 is 6.10 Å². The highest BCUT2D eigenvalue weighted by molar-refractivity contribution is 5.71. The number of hydrogen-bond donors (Lipinski definition) is 0. The summed E-state index contributed by atoms with van der Waals surface area (Å²) in [4.78, 5) is 38.3. The molecule has 75 heavy (non-hydrogen) atoms. The summed E-state index contributed by atoms with van der Waals surface area (Å²) < 4.78 is 16.9. The molecule has 0 aromatic rings. The third-order valence-electron chi connectivity index (χ3n) is 12.2. The lowest BCUT2D eigenvalue weighted by Crippen LogP contribution is -2.30. The van der Waals surface area contributed by atoms with E-state index in [1.54, 1.807) is 0 Å². The summed E-state index contributed by atoms with van der Waals surface area (Å²) in [6, 6.07) is 0.